The van der Waals surface area contributed by atoms with E-state index in [0.717, 1.165) is 50.9 Å². The summed E-state index contributed by atoms with van der Waals surface area (Å²) in [6.45, 7) is 4.56. The van der Waals surface area contributed by atoms with Crippen LogP contribution in [0, 0.1) is 11.7 Å². The lowest BCUT2D eigenvalue weighted by molar-refractivity contribution is 0.161. The Labute approximate surface area is 157 Å². The Balaban J connectivity index is 1.51. The van der Waals surface area contributed by atoms with Crippen LogP contribution in [0.5, 0.6) is 0 Å². The van der Waals surface area contributed by atoms with Crippen molar-refractivity contribution in [1.82, 2.24) is 13.5 Å². The second-order valence-electron chi connectivity index (χ2n) is 7.54. The zero-order valence-corrected chi connectivity index (χ0v) is 16.4. The van der Waals surface area contributed by atoms with Gasteiger partial charge in [-0.3, -0.25) is 0 Å². The zero-order chi connectivity index (χ0) is 18.6. The SMILES string of the molecule is CN(C[C@@H]1CCCN(CCc2ccccc2F)C1)S(=O)(=O)N1CCCC1. The van der Waals surface area contributed by atoms with Crippen molar-refractivity contribution >= 4 is 10.2 Å². The van der Waals surface area contributed by atoms with Crippen LogP contribution in [0.2, 0.25) is 0 Å². The molecule has 1 atom stereocenters. The molecule has 7 heteroatoms. The van der Waals surface area contributed by atoms with Crippen LogP contribution in [0.25, 0.3) is 0 Å². The van der Waals surface area contributed by atoms with Gasteiger partial charge in [0.25, 0.3) is 10.2 Å². The van der Waals surface area contributed by atoms with Crippen LogP contribution < -0.4 is 0 Å². The van der Waals surface area contributed by atoms with Crippen molar-refractivity contribution in [2.75, 3.05) is 46.3 Å². The maximum absolute atomic E-state index is 13.8. The summed E-state index contributed by atoms with van der Waals surface area (Å²) in [5, 5.41) is 0. The summed E-state index contributed by atoms with van der Waals surface area (Å²) in [6, 6.07) is 6.93. The van der Waals surface area contributed by atoms with Gasteiger partial charge in [0, 0.05) is 39.8 Å². The highest BCUT2D eigenvalue weighted by Gasteiger charge is 2.31. The van der Waals surface area contributed by atoms with Crippen LogP contribution in [0.3, 0.4) is 0 Å². The number of piperidine rings is 1. The number of likely N-dealkylation sites (tertiary alicyclic amines) is 1. The molecule has 0 amide bonds. The molecule has 1 aromatic rings. The largest absolute Gasteiger partial charge is 0.303 e. The van der Waals surface area contributed by atoms with Crippen LogP contribution in [-0.2, 0) is 16.6 Å². The first-order valence-electron chi connectivity index (χ1n) is 9.64. The first-order valence-corrected chi connectivity index (χ1v) is 11.0. The first-order chi connectivity index (χ1) is 12.5. The molecule has 0 saturated carbocycles. The van der Waals surface area contributed by atoms with Crippen molar-refractivity contribution in [3.05, 3.63) is 35.6 Å². The first kappa shape index (κ1) is 19.7. The molecule has 2 aliphatic rings. The van der Waals surface area contributed by atoms with Gasteiger partial charge in [0.1, 0.15) is 5.82 Å². The van der Waals surface area contributed by atoms with E-state index in [-0.39, 0.29) is 5.82 Å². The third-order valence-corrected chi connectivity index (χ3v) is 7.51. The molecule has 2 saturated heterocycles. The van der Waals surface area contributed by atoms with Gasteiger partial charge < -0.3 is 4.90 Å². The standard InChI is InChI=1S/C19H30FN3O2S/c1-21(26(24,25)23-12-4-5-13-23)15-17-7-6-11-22(16-17)14-10-18-8-2-3-9-19(18)20/h2-3,8-9,17H,4-7,10-16H2,1H3/t17-/m0/s1. The Hall–Kier alpha value is -1.02. The van der Waals surface area contributed by atoms with Crippen LogP contribution in [-0.4, -0.2) is 68.2 Å². The summed E-state index contributed by atoms with van der Waals surface area (Å²) in [5.41, 5.74) is 0.753. The molecule has 1 aromatic carbocycles. The molecule has 146 valence electrons. The van der Waals surface area contributed by atoms with Gasteiger partial charge in [-0.15, -0.1) is 0 Å². The maximum Gasteiger partial charge on any atom is 0.281 e. The summed E-state index contributed by atoms with van der Waals surface area (Å²) in [6.07, 6.45) is 4.73. The average Bonchev–Trinajstić information content (AvgIpc) is 3.17. The summed E-state index contributed by atoms with van der Waals surface area (Å²) in [4.78, 5) is 2.34. The van der Waals surface area contributed by atoms with E-state index in [1.54, 1.807) is 17.4 Å². The monoisotopic (exact) mass is 383 g/mol. The molecule has 0 spiro atoms. The molecule has 26 heavy (non-hydrogen) atoms. The molecule has 0 unspecified atom stereocenters. The molecule has 3 rings (SSSR count). The molecule has 2 heterocycles. The number of halogens is 1. The third kappa shape index (κ3) is 4.82. The van der Waals surface area contributed by atoms with E-state index in [4.69, 9.17) is 0 Å². The summed E-state index contributed by atoms with van der Waals surface area (Å²) >= 11 is 0. The fourth-order valence-corrected chi connectivity index (χ4v) is 5.57. The third-order valence-electron chi connectivity index (χ3n) is 5.56. The molecular formula is C19H30FN3O2S. The Morgan fingerprint density at radius 3 is 2.62 bits per heavy atom. The molecule has 0 aromatic heterocycles. The highest BCUT2D eigenvalue weighted by molar-refractivity contribution is 7.86. The Morgan fingerprint density at radius 1 is 1.15 bits per heavy atom. The highest BCUT2D eigenvalue weighted by Crippen LogP contribution is 2.21. The van der Waals surface area contributed by atoms with Gasteiger partial charge in [-0.25, -0.2) is 4.39 Å². The summed E-state index contributed by atoms with van der Waals surface area (Å²) < 4.78 is 42.2. The number of hydrogen-bond acceptors (Lipinski definition) is 3. The molecule has 0 radical (unpaired) electrons. The van der Waals surface area contributed by atoms with Gasteiger partial charge in [0.15, 0.2) is 0 Å². The lowest BCUT2D eigenvalue weighted by Gasteiger charge is -2.35. The highest BCUT2D eigenvalue weighted by atomic mass is 32.2. The normalized spacial score (nSPS) is 23.0. The topological polar surface area (TPSA) is 43.9 Å². The maximum atomic E-state index is 13.8. The van der Waals surface area contributed by atoms with E-state index in [1.807, 2.05) is 12.1 Å². The lowest BCUT2D eigenvalue weighted by Crippen LogP contribution is -2.46. The smallest absolute Gasteiger partial charge is 0.281 e. The Kier molecular flexibility index (Phi) is 6.66. The zero-order valence-electron chi connectivity index (χ0n) is 15.6. The van der Waals surface area contributed by atoms with E-state index < -0.39 is 10.2 Å². The number of benzene rings is 1. The predicted molar refractivity (Wildman–Crippen MR) is 102 cm³/mol. The molecular weight excluding hydrogens is 353 g/mol. The Bertz CT molecular complexity index is 692. The van der Waals surface area contributed by atoms with Crippen LogP contribution in [0.4, 0.5) is 4.39 Å². The van der Waals surface area contributed by atoms with Gasteiger partial charge in [-0.2, -0.15) is 17.0 Å². The Morgan fingerprint density at radius 2 is 1.88 bits per heavy atom. The van der Waals surface area contributed by atoms with Crippen molar-refractivity contribution in [3.63, 3.8) is 0 Å². The second kappa shape index (κ2) is 8.78. The molecule has 0 aliphatic carbocycles. The van der Waals surface area contributed by atoms with Gasteiger partial charge in [-0.05, 0) is 56.2 Å². The molecule has 2 aliphatic heterocycles. The molecule has 0 N–H and O–H groups in total. The van der Waals surface area contributed by atoms with Crippen LogP contribution in [0.1, 0.15) is 31.2 Å². The minimum Gasteiger partial charge on any atom is -0.303 e. The van der Waals surface area contributed by atoms with Crippen molar-refractivity contribution in [2.45, 2.75) is 32.1 Å². The van der Waals surface area contributed by atoms with Crippen molar-refractivity contribution < 1.29 is 12.8 Å². The van der Waals surface area contributed by atoms with Crippen LogP contribution >= 0.6 is 0 Å². The lowest BCUT2D eigenvalue weighted by atomic mass is 9.97. The number of hydrogen-bond donors (Lipinski definition) is 0. The van der Waals surface area contributed by atoms with Crippen molar-refractivity contribution in [3.8, 4) is 0 Å². The fraction of sp³-hybridized carbons (Fsp3) is 0.684. The fourth-order valence-electron chi connectivity index (χ4n) is 4.06. The summed E-state index contributed by atoms with van der Waals surface area (Å²) in [5.74, 6) is 0.198. The number of nitrogens with zero attached hydrogens (tertiary/aromatic N) is 3. The quantitative estimate of drug-likeness (QED) is 0.726. The minimum absolute atomic E-state index is 0.141. The molecule has 2 fully saturated rings. The molecule has 0 bridgehead atoms. The van der Waals surface area contributed by atoms with Crippen molar-refractivity contribution in [1.29, 1.82) is 0 Å². The number of rotatable bonds is 7. The average molecular weight is 384 g/mol. The van der Waals surface area contributed by atoms with Crippen molar-refractivity contribution in [2.24, 2.45) is 5.92 Å². The predicted octanol–water partition coefficient (Wildman–Crippen LogP) is 2.35. The van der Waals surface area contributed by atoms with Crippen LogP contribution in [0.15, 0.2) is 24.3 Å². The molecule has 5 nitrogen and oxygen atoms in total. The van der Waals surface area contributed by atoms with E-state index in [0.29, 0.717) is 32.0 Å². The van der Waals surface area contributed by atoms with Gasteiger partial charge in [0.05, 0.1) is 0 Å². The van der Waals surface area contributed by atoms with Gasteiger partial charge in [-0.1, -0.05) is 18.2 Å². The summed E-state index contributed by atoms with van der Waals surface area (Å²) in [7, 11) is -1.62. The van der Waals surface area contributed by atoms with E-state index >= 15 is 0 Å². The van der Waals surface area contributed by atoms with E-state index in [2.05, 4.69) is 4.90 Å². The minimum atomic E-state index is -3.32. The van der Waals surface area contributed by atoms with E-state index in [1.165, 1.54) is 10.4 Å². The van der Waals surface area contributed by atoms with Gasteiger partial charge >= 0.3 is 0 Å². The second-order valence-corrected chi connectivity index (χ2v) is 9.58. The van der Waals surface area contributed by atoms with E-state index in [9.17, 15) is 12.8 Å². The van der Waals surface area contributed by atoms with Gasteiger partial charge in [0.2, 0.25) is 0 Å².